The van der Waals surface area contributed by atoms with Crippen LogP contribution in [0, 0.1) is 0 Å². The third-order valence-corrected chi connectivity index (χ3v) is 3.43. The van der Waals surface area contributed by atoms with E-state index in [2.05, 4.69) is 43.4 Å². The molecule has 0 saturated carbocycles. The van der Waals surface area contributed by atoms with Gasteiger partial charge in [0.25, 0.3) is 0 Å². The predicted molar refractivity (Wildman–Crippen MR) is 67.4 cm³/mol. The Balaban J connectivity index is 2.74. The average molecular weight is 219 g/mol. The van der Waals surface area contributed by atoms with E-state index in [-0.39, 0.29) is 11.3 Å². The fourth-order valence-corrected chi connectivity index (χ4v) is 1.88. The fourth-order valence-electron chi connectivity index (χ4n) is 1.88. The fraction of sp³-hybridized carbons (Fsp3) is 0.500. The number of rotatable bonds is 5. The van der Waals surface area contributed by atoms with Crippen LogP contribution in [0.2, 0.25) is 0 Å². The number of hydrogen-bond acceptors (Lipinski definition) is 1. The zero-order valence-electron chi connectivity index (χ0n) is 10.4. The van der Waals surface area contributed by atoms with Gasteiger partial charge in [0.2, 0.25) is 5.91 Å². The molecule has 0 heterocycles. The summed E-state index contributed by atoms with van der Waals surface area (Å²) < 4.78 is 0. The first-order chi connectivity index (χ1) is 7.62. The highest BCUT2D eigenvalue weighted by Crippen LogP contribution is 2.32. The summed E-state index contributed by atoms with van der Waals surface area (Å²) in [5, 5.41) is 2.67. The van der Waals surface area contributed by atoms with Crippen molar-refractivity contribution < 1.29 is 4.79 Å². The van der Waals surface area contributed by atoms with Crippen LogP contribution in [0.1, 0.15) is 38.7 Å². The van der Waals surface area contributed by atoms with Gasteiger partial charge in [-0.3, -0.25) is 4.79 Å². The molecule has 1 aromatic carbocycles. The van der Waals surface area contributed by atoms with Gasteiger partial charge in [-0.05, 0) is 23.8 Å². The minimum absolute atomic E-state index is 0.105. The second-order valence-electron chi connectivity index (χ2n) is 4.45. The molecule has 0 aliphatic carbocycles. The summed E-state index contributed by atoms with van der Waals surface area (Å²) >= 11 is 0. The first-order valence-electron chi connectivity index (χ1n) is 5.88. The highest BCUT2D eigenvalue weighted by atomic mass is 16.1. The van der Waals surface area contributed by atoms with E-state index in [0.717, 1.165) is 12.8 Å². The van der Waals surface area contributed by atoms with Gasteiger partial charge in [-0.15, -0.1) is 0 Å². The molecule has 0 bridgehead atoms. The first-order valence-corrected chi connectivity index (χ1v) is 5.88. The molecule has 1 atom stereocenters. The summed E-state index contributed by atoms with van der Waals surface area (Å²) in [5.41, 5.74) is 1.43. The molecule has 88 valence electrons. The van der Waals surface area contributed by atoms with Gasteiger partial charge in [0, 0.05) is 13.5 Å². The normalized spacial score (nSPS) is 14.2. The molecule has 0 radical (unpaired) electrons. The van der Waals surface area contributed by atoms with Crippen LogP contribution in [-0.2, 0) is 10.2 Å². The van der Waals surface area contributed by atoms with Crippen LogP contribution in [0.4, 0.5) is 0 Å². The van der Waals surface area contributed by atoms with Gasteiger partial charge in [0.05, 0.1) is 0 Å². The number of nitrogens with one attached hydrogen (secondary N) is 1. The van der Waals surface area contributed by atoms with Crippen molar-refractivity contribution in [3.8, 4) is 0 Å². The maximum Gasteiger partial charge on any atom is 0.219 e. The van der Waals surface area contributed by atoms with Crippen LogP contribution in [0.3, 0.4) is 0 Å². The molecule has 1 unspecified atom stereocenters. The van der Waals surface area contributed by atoms with E-state index in [9.17, 15) is 4.79 Å². The number of amides is 1. The summed E-state index contributed by atoms with van der Waals surface area (Å²) in [7, 11) is 1.69. The second-order valence-corrected chi connectivity index (χ2v) is 4.45. The van der Waals surface area contributed by atoms with Crippen LogP contribution >= 0.6 is 0 Å². The van der Waals surface area contributed by atoms with Crippen molar-refractivity contribution in [2.24, 2.45) is 0 Å². The van der Waals surface area contributed by atoms with Gasteiger partial charge in [-0.25, -0.2) is 0 Å². The Bertz CT molecular complexity index is 334. The lowest BCUT2D eigenvalue weighted by Gasteiger charge is -2.28. The number of hydrogen-bond donors (Lipinski definition) is 1. The van der Waals surface area contributed by atoms with Crippen LogP contribution in [0.25, 0.3) is 0 Å². The number of carbonyl (C=O) groups is 1. The predicted octanol–water partition coefficient (Wildman–Crippen LogP) is 2.88. The standard InChI is InChI=1S/C14H21NO/c1-4-14(2,11-10-13(16)15-3)12-8-6-5-7-9-12/h5-9H,4,10-11H2,1-3H3,(H,15,16). The van der Waals surface area contributed by atoms with Crippen molar-refractivity contribution in [1.82, 2.24) is 5.32 Å². The topological polar surface area (TPSA) is 29.1 Å². The van der Waals surface area contributed by atoms with Crippen molar-refractivity contribution >= 4 is 5.91 Å². The molecule has 0 spiro atoms. The lowest BCUT2D eigenvalue weighted by Crippen LogP contribution is -2.25. The monoisotopic (exact) mass is 219 g/mol. The van der Waals surface area contributed by atoms with E-state index in [1.807, 2.05) is 6.07 Å². The summed E-state index contributed by atoms with van der Waals surface area (Å²) in [4.78, 5) is 11.3. The molecule has 0 aromatic heterocycles. The SMILES string of the molecule is CCC(C)(CCC(=O)NC)c1ccccc1. The molecule has 2 nitrogen and oxygen atoms in total. The molecule has 0 aliphatic rings. The van der Waals surface area contributed by atoms with Gasteiger partial charge in [-0.2, -0.15) is 0 Å². The molecule has 1 amide bonds. The molecule has 1 N–H and O–H groups in total. The Morgan fingerprint density at radius 3 is 2.44 bits per heavy atom. The summed E-state index contributed by atoms with van der Waals surface area (Å²) in [6, 6.07) is 10.4. The van der Waals surface area contributed by atoms with Gasteiger partial charge >= 0.3 is 0 Å². The largest absolute Gasteiger partial charge is 0.359 e. The Hall–Kier alpha value is -1.31. The first kappa shape index (κ1) is 12.8. The van der Waals surface area contributed by atoms with Gasteiger partial charge < -0.3 is 5.32 Å². The molecular weight excluding hydrogens is 198 g/mol. The third-order valence-electron chi connectivity index (χ3n) is 3.43. The van der Waals surface area contributed by atoms with Crippen LogP contribution in [0.5, 0.6) is 0 Å². The minimum atomic E-state index is 0.105. The highest BCUT2D eigenvalue weighted by Gasteiger charge is 2.24. The molecule has 1 rings (SSSR count). The second kappa shape index (κ2) is 5.69. The smallest absolute Gasteiger partial charge is 0.219 e. The van der Waals surface area contributed by atoms with Crippen molar-refractivity contribution in [2.75, 3.05) is 7.05 Å². The summed E-state index contributed by atoms with van der Waals surface area (Å²) in [5.74, 6) is 0.121. The van der Waals surface area contributed by atoms with Crippen LogP contribution in [0.15, 0.2) is 30.3 Å². The Morgan fingerprint density at radius 1 is 1.31 bits per heavy atom. The van der Waals surface area contributed by atoms with E-state index in [1.165, 1.54) is 5.56 Å². The van der Waals surface area contributed by atoms with Gasteiger partial charge in [0.1, 0.15) is 0 Å². The van der Waals surface area contributed by atoms with Crippen molar-refractivity contribution in [3.63, 3.8) is 0 Å². The van der Waals surface area contributed by atoms with E-state index in [1.54, 1.807) is 7.05 Å². The molecule has 16 heavy (non-hydrogen) atoms. The maximum absolute atomic E-state index is 11.3. The number of benzene rings is 1. The molecule has 0 aliphatic heterocycles. The van der Waals surface area contributed by atoms with Crippen molar-refractivity contribution in [1.29, 1.82) is 0 Å². The van der Waals surface area contributed by atoms with Gasteiger partial charge in [-0.1, -0.05) is 44.2 Å². The van der Waals surface area contributed by atoms with Crippen molar-refractivity contribution in [3.05, 3.63) is 35.9 Å². The maximum atomic E-state index is 11.3. The summed E-state index contributed by atoms with van der Waals surface area (Å²) in [6.07, 6.45) is 2.54. The third kappa shape index (κ3) is 3.09. The molecular formula is C14H21NO. The summed E-state index contributed by atoms with van der Waals surface area (Å²) in [6.45, 7) is 4.40. The lowest BCUT2D eigenvalue weighted by atomic mass is 9.76. The van der Waals surface area contributed by atoms with Gasteiger partial charge in [0.15, 0.2) is 0 Å². The lowest BCUT2D eigenvalue weighted by molar-refractivity contribution is -0.120. The molecule has 0 saturated heterocycles. The Morgan fingerprint density at radius 2 is 1.94 bits per heavy atom. The van der Waals surface area contributed by atoms with Crippen LogP contribution < -0.4 is 5.32 Å². The quantitative estimate of drug-likeness (QED) is 0.810. The molecule has 2 heteroatoms. The van der Waals surface area contributed by atoms with E-state index in [0.29, 0.717) is 6.42 Å². The van der Waals surface area contributed by atoms with Crippen LogP contribution in [-0.4, -0.2) is 13.0 Å². The average Bonchev–Trinajstić information content (AvgIpc) is 2.36. The van der Waals surface area contributed by atoms with E-state index in [4.69, 9.17) is 0 Å². The minimum Gasteiger partial charge on any atom is -0.359 e. The van der Waals surface area contributed by atoms with E-state index < -0.39 is 0 Å². The Kier molecular flexibility index (Phi) is 4.53. The number of carbonyl (C=O) groups excluding carboxylic acids is 1. The molecule has 1 aromatic rings. The highest BCUT2D eigenvalue weighted by molar-refractivity contribution is 5.75. The van der Waals surface area contributed by atoms with E-state index >= 15 is 0 Å². The molecule has 0 fully saturated rings. The zero-order valence-corrected chi connectivity index (χ0v) is 10.4. The van der Waals surface area contributed by atoms with Crippen molar-refractivity contribution in [2.45, 2.75) is 38.5 Å². The zero-order chi connectivity index (χ0) is 12.0. The Labute approximate surface area is 98.1 Å².